The maximum atomic E-state index is 13.5. The quantitative estimate of drug-likeness (QED) is 0.421. The van der Waals surface area contributed by atoms with Crippen molar-refractivity contribution < 1.29 is 18.0 Å². The molecule has 1 atom stereocenters. The minimum atomic E-state index is -3.59. The molecule has 0 fully saturated rings. The van der Waals surface area contributed by atoms with E-state index >= 15 is 0 Å². The van der Waals surface area contributed by atoms with Crippen LogP contribution in [0, 0.1) is 13.8 Å². The van der Waals surface area contributed by atoms with Crippen molar-refractivity contribution in [3.05, 3.63) is 64.2 Å². The fourth-order valence-corrected chi connectivity index (χ4v) is 5.32. The van der Waals surface area contributed by atoms with Crippen molar-refractivity contribution >= 4 is 39.1 Å². The molecular formula is C27H38ClN3O4S. The minimum Gasteiger partial charge on any atom is -0.352 e. The Labute approximate surface area is 220 Å². The number of aryl methyl sites for hydroxylation is 2. The zero-order chi connectivity index (χ0) is 27.0. The van der Waals surface area contributed by atoms with Gasteiger partial charge in [-0.05, 0) is 63.8 Å². The van der Waals surface area contributed by atoms with E-state index in [0.717, 1.165) is 22.9 Å². The molecule has 0 spiro atoms. The van der Waals surface area contributed by atoms with Crippen LogP contribution in [0.1, 0.15) is 56.7 Å². The molecular weight excluding hydrogens is 498 g/mol. The molecule has 2 amide bonds. The number of benzene rings is 2. The van der Waals surface area contributed by atoms with Crippen LogP contribution in [0.2, 0.25) is 5.02 Å². The van der Waals surface area contributed by atoms with Crippen LogP contribution in [0.4, 0.5) is 5.69 Å². The standard InChI is InChI=1S/C27H38ClN3O4S/c1-7-24(27(33)29-19(2)3)30(18-22-11-8-10-20(4)16-22)26(32)12-9-15-31(36(6,34)35)25-17-23(28)14-13-21(25)5/h8,10-11,13-14,16-17,19,24H,7,9,12,15,18H2,1-6H3,(H,29,33)/t24-/m0/s1. The van der Waals surface area contributed by atoms with Crippen LogP contribution >= 0.6 is 11.6 Å². The summed E-state index contributed by atoms with van der Waals surface area (Å²) >= 11 is 6.12. The Kier molecular flexibility index (Phi) is 10.8. The van der Waals surface area contributed by atoms with Crippen molar-refractivity contribution in [1.82, 2.24) is 10.2 Å². The molecule has 0 saturated heterocycles. The van der Waals surface area contributed by atoms with Crippen LogP contribution in [0.15, 0.2) is 42.5 Å². The van der Waals surface area contributed by atoms with Crippen LogP contribution in [0.25, 0.3) is 0 Å². The first-order valence-electron chi connectivity index (χ1n) is 12.2. The Morgan fingerprint density at radius 1 is 1.08 bits per heavy atom. The van der Waals surface area contributed by atoms with Gasteiger partial charge >= 0.3 is 0 Å². The Bertz CT molecular complexity index is 1170. The summed E-state index contributed by atoms with van der Waals surface area (Å²) in [5, 5.41) is 3.36. The Hall–Kier alpha value is -2.58. The van der Waals surface area contributed by atoms with Crippen LogP contribution in [-0.2, 0) is 26.2 Å². The average molecular weight is 536 g/mol. The number of amides is 2. The molecule has 0 saturated carbocycles. The van der Waals surface area contributed by atoms with Gasteiger partial charge in [-0.2, -0.15) is 0 Å². The fourth-order valence-electron chi connectivity index (χ4n) is 4.14. The fraction of sp³-hybridized carbons (Fsp3) is 0.481. The number of nitrogens with zero attached hydrogens (tertiary/aromatic N) is 2. The average Bonchev–Trinajstić information content (AvgIpc) is 2.77. The third-order valence-electron chi connectivity index (χ3n) is 5.84. The maximum absolute atomic E-state index is 13.5. The van der Waals surface area contributed by atoms with E-state index in [2.05, 4.69) is 5.32 Å². The SMILES string of the molecule is CC[C@@H](C(=O)NC(C)C)N(Cc1cccc(C)c1)C(=O)CCCN(c1cc(Cl)ccc1C)S(C)(=O)=O. The molecule has 2 aromatic rings. The summed E-state index contributed by atoms with van der Waals surface area (Å²) in [6.45, 7) is 9.87. The van der Waals surface area contributed by atoms with E-state index in [1.807, 2.05) is 58.9 Å². The first-order chi connectivity index (χ1) is 16.8. The van der Waals surface area contributed by atoms with Gasteiger partial charge in [-0.1, -0.05) is 54.4 Å². The van der Waals surface area contributed by atoms with Gasteiger partial charge < -0.3 is 10.2 Å². The van der Waals surface area contributed by atoms with Gasteiger partial charge in [0.1, 0.15) is 6.04 Å². The number of sulfonamides is 1. The normalized spacial score (nSPS) is 12.3. The monoisotopic (exact) mass is 535 g/mol. The van der Waals surface area contributed by atoms with Gasteiger partial charge in [0.2, 0.25) is 21.8 Å². The van der Waals surface area contributed by atoms with Gasteiger partial charge in [0.25, 0.3) is 0 Å². The molecule has 0 aromatic heterocycles. The number of carbonyl (C=O) groups excluding carboxylic acids is 2. The van der Waals surface area contributed by atoms with Gasteiger partial charge in [-0.15, -0.1) is 0 Å². The summed E-state index contributed by atoms with van der Waals surface area (Å²) in [6.07, 6.45) is 2.00. The van der Waals surface area contributed by atoms with Gasteiger partial charge in [-0.3, -0.25) is 13.9 Å². The Balaban J connectivity index is 2.25. The lowest BCUT2D eigenvalue weighted by Gasteiger charge is -2.32. The smallest absolute Gasteiger partial charge is 0.243 e. The van der Waals surface area contributed by atoms with Gasteiger partial charge in [-0.25, -0.2) is 8.42 Å². The molecule has 0 unspecified atom stereocenters. The van der Waals surface area contributed by atoms with Crippen molar-refractivity contribution in [2.24, 2.45) is 0 Å². The van der Waals surface area contributed by atoms with Gasteiger partial charge in [0.05, 0.1) is 11.9 Å². The molecule has 2 rings (SSSR count). The first kappa shape index (κ1) is 29.6. The summed E-state index contributed by atoms with van der Waals surface area (Å²) in [5.41, 5.74) is 3.28. The summed E-state index contributed by atoms with van der Waals surface area (Å²) in [6, 6.07) is 12.3. The highest BCUT2D eigenvalue weighted by Gasteiger charge is 2.29. The lowest BCUT2D eigenvalue weighted by atomic mass is 10.1. The number of anilines is 1. The van der Waals surface area contributed by atoms with Crippen molar-refractivity contribution in [3.8, 4) is 0 Å². The van der Waals surface area contributed by atoms with Crippen LogP contribution in [-0.4, -0.2) is 50.0 Å². The molecule has 7 nitrogen and oxygen atoms in total. The molecule has 0 aliphatic carbocycles. The lowest BCUT2D eigenvalue weighted by Crippen LogP contribution is -2.50. The topological polar surface area (TPSA) is 86.8 Å². The second kappa shape index (κ2) is 13.1. The second-order valence-electron chi connectivity index (χ2n) is 9.47. The van der Waals surface area contributed by atoms with E-state index in [0.29, 0.717) is 30.1 Å². The third kappa shape index (κ3) is 8.52. The van der Waals surface area contributed by atoms with Crippen LogP contribution in [0.5, 0.6) is 0 Å². The van der Waals surface area contributed by atoms with E-state index in [-0.39, 0.29) is 30.8 Å². The molecule has 198 valence electrons. The maximum Gasteiger partial charge on any atom is 0.243 e. The van der Waals surface area contributed by atoms with Gasteiger partial charge in [0, 0.05) is 30.6 Å². The van der Waals surface area contributed by atoms with Crippen molar-refractivity contribution in [2.75, 3.05) is 17.1 Å². The molecule has 0 aliphatic heterocycles. The van der Waals surface area contributed by atoms with Crippen LogP contribution < -0.4 is 9.62 Å². The van der Waals surface area contributed by atoms with E-state index in [4.69, 9.17) is 11.6 Å². The molecule has 2 aromatic carbocycles. The molecule has 9 heteroatoms. The van der Waals surface area contributed by atoms with Crippen molar-refractivity contribution in [2.45, 2.75) is 72.5 Å². The highest BCUT2D eigenvalue weighted by Crippen LogP contribution is 2.27. The highest BCUT2D eigenvalue weighted by molar-refractivity contribution is 7.92. The molecule has 0 heterocycles. The predicted octanol–water partition coefficient (Wildman–Crippen LogP) is 4.84. The number of carbonyl (C=O) groups is 2. The summed E-state index contributed by atoms with van der Waals surface area (Å²) < 4.78 is 26.4. The molecule has 1 N–H and O–H groups in total. The van der Waals surface area contributed by atoms with Crippen LogP contribution in [0.3, 0.4) is 0 Å². The minimum absolute atomic E-state index is 0.0493. The number of hydrogen-bond donors (Lipinski definition) is 1. The summed E-state index contributed by atoms with van der Waals surface area (Å²) in [5.74, 6) is -0.389. The van der Waals surface area contributed by atoms with E-state index in [1.165, 1.54) is 4.31 Å². The molecule has 0 radical (unpaired) electrons. The Morgan fingerprint density at radius 3 is 2.36 bits per heavy atom. The number of nitrogens with one attached hydrogen (secondary N) is 1. The van der Waals surface area contributed by atoms with Crippen molar-refractivity contribution in [3.63, 3.8) is 0 Å². The van der Waals surface area contributed by atoms with E-state index in [1.54, 1.807) is 23.1 Å². The second-order valence-corrected chi connectivity index (χ2v) is 11.8. The zero-order valence-electron chi connectivity index (χ0n) is 22.0. The third-order valence-corrected chi connectivity index (χ3v) is 7.26. The Morgan fingerprint density at radius 2 is 1.78 bits per heavy atom. The van der Waals surface area contributed by atoms with Gasteiger partial charge in [0.15, 0.2) is 0 Å². The number of hydrogen-bond acceptors (Lipinski definition) is 4. The zero-order valence-corrected chi connectivity index (χ0v) is 23.6. The molecule has 0 aliphatic rings. The number of rotatable bonds is 12. The molecule has 0 bridgehead atoms. The highest BCUT2D eigenvalue weighted by atomic mass is 35.5. The summed E-state index contributed by atoms with van der Waals surface area (Å²) in [4.78, 5) is 28.0. The predicted molar refractivity (Wildman–Crippen MR) is 147 cm³/mol. The molecule has 36 heavy (non-hydrogen) atoms. The first-order valence-corrected chi connectivity index (χ1v) is 14.4. The lowest BCUT2D eigenvalue weighted by molar-refractivity contribution is -0.141. The van der Waals surface area contributed by atoms with Crippen molar-refractivity contribution in [1.29, 1.82) is 0 Å². The van der Waals surface area contributed by atoms with E-state index < -0.39 is 16.1 Å². The largest absolute Gasteiger partial charge is 0.352 e. The summed E-state index contributed by atoms with van der Waals surface area (Å²) in [7, 11) is -3.59. The number of halogens is 1. The van der Waals surface area contributed by atoms with E-state index in [9.17, 15) is 18.0 Å².